The molecule has 0 saturated carbocycles. The Morgan fingerprint density at radius 1 is 1.00 bits per heavy atom. The third-order valence-corrected chi connectivity index (χ3v) is 4.11. The van der Waals surface area contributed by atoms with E-state index in [-0.39, 0.29) is 0 Å². The normalized spacial score (nSPS) is 10.5. The lowest BCUT2D eigenvalue weighted by atomic mass is 10.1. The quantitative estimate of drug-likeness (QED) is 0.466. The van der Waals surface area contributed by atoms with Crippen LogP contribution in [0.25, 0.3) is 10.8 Å². The van der Waals surface area contributed by atoms with Gasteiger partial charge in [0.05, 0.1) is 12.2 Å². The molecule has 4 heteroatoms. The Morgan fingerprint density at radius 3 is 2.57 bits per heavy atom. The molecule has 0 saturated heterocycles. The van der Waals surface area contributed by atoms with Crippen LogP contribution in [0.1, 0.15) is 17.3 Å². The zero-order valence-electron chi connectivity index (χ0n) is 12.6. The standard InChI is InChI=1S/C19H15BrO3/c1-2-22-14-7-5-6-13(12-14)19(21)23-18-11-10-17(20)15-8-3-4-9-16(15)18/h3-12H,2H2,1H3. The molecule has 0 unspecified atom stereocenters. The van der Waals surface area contributed by atoms with E-state index in [2.05, 4.69) is 15.9 Å². The molecule has 0 amide bonds. The van der Waals surface area contributed by atoms with Crippen molar-refractivity contribution >= 4 is 32.7 Å². The van der Waals surface area contributed by atoms with Crippen LogP contribution < -0.4 is 9.47 Å². The molecule has 0 N–H and O–H groups in total. The highest BCUT2D eigenvalue weighted by molar-refractivity contribution is 9.10. The van der Waals surface area contributed by atoms with Crippen LogP contribution in [0.15, 0.2) is 65.1 Å². The van der Waals surface area contributed by atoms with E-state index in [1.165, 1.54) is 0 Å². The molecular formula is C19H15BrO3. The first kappa shape index (κ1) is 15.6. The molecule has 3 aromatic rings. The van der Waals surface area contributed by atoms with Crippen molar-refractivity contribution in [1.82, 2.24) is 0 Å². The number of fused-ring (bicyclic) bond motifs is 1. The highest BCUT2D eigenvalue weighted by atomic mass is 79.9. The van der Waals surface area contributed by atoms with Crippen molar-refractivity contribution in [2.75, 3.05) is 6.61 Å². The molecule has 23 heavy (non-hydrogen) atoms. The molecule has 3 rings (SSSR count). The summed E-state index contributed by atoms with van der Waals surface area (Å²) < 4.78 is 12.0. The maximum atomic E-state index is 12.4. The minimum absolute atomic E-state index is 0.404. The molecule has 0 aliphatic carbocycles. The Morgan fingerprint density at radius 2 is 1.78 bits per heavy atom. The average molecular weight is 371 g/mol. The van der Waals surface area contributed by atoms with Gasteiger partial charge >= 0.3 is 5.97 Å². The van der Waals surface area contributed by atoms with E-state index < -0.39 is 5.97 Å². The maximum Gasteiger partial charge on any atom is 0.343 e. The molecule has 0 spiro atoms. The lowest BCUT2D eigenvalue weighted by molar-refractivity contribution is 0.0736. The van der Waals surface area contributed by atoms with E-state index in [9.17, 15) is 4.79 Å². The fraction of sp³-hybridized carbons (Fsp3) is 0.105. The smallest absolute Gasteiger partial charge is 0.343 e. The molecule has 0 atom stereocenters. The molecule has 3 aromatic carbocycles. The van der Waals surface area contributed by atoms with E-state index in [1.54, 1.807) is 24.3 Å². The van der Waals surface area contributed by atoms with Gasteiger partial charge in [0.2, 0.25) is 0 Å². The second kappa shape index (κ2) is 6.84. The highest BCUT2D eigenvalue weighted by Crippen LogP contribution is 2.32. The van der Waals surface area contributed by atoms with Crippen LogP contribution in [-0.4, -0.2) is 12.6 Å². The van der Waals surface area contributed by atoms with Crippen molar-refractivity contribution in [2.24, 2.45) is 0 Å². The predicted octanol–water partition coefficient (Wildman–Crippen LogP) is 5.22. The molecule has 0 bridgehead atoms. The summed E-state index contributed by atoms with van der Waals surface area (Å²) in [5, 5.41) is 1.89. The van der Waals surface area contributed by atoms with Crippen LogP contribution in [0.3, 0.4) is 0 Å². The van der Waals surface area contributed by atoms with E-state index in [0.29, 0.717) is 23.7 Å². The molecule has 0 fully saturated rings. The molecule has 0 aliphatic heterocycles. The van der Waals surface area contributed by atoms with Crippen molar-refractivity contribution in [3.05, 3.63) is 70.7 Å². The summed E-state index contributed by atoms with van der Waals surface area (Å²) in [6, 6.07) is 18.4. The fourth-order valence-electron chi connectivity index (χ4n) is 2.36. The van der Waals surface area contributed by atoms with E-state index in [0.717, 1.165) is 15.2 Å². The summed E-state index contributed by atoms with van der Waals surface area (Å²) in [6.45, 7) is 2.45. The zero-order valence-corrected chi connectivity index (χ0v) is 14.2. The van der Waals surface area contributed by atoms with E-state index in [1.807, 2.05) is 43.3 Å². The zero-order chi connectivity index (χ0) is 16.2. The number of carbonyl (C=O) groups excluding carboxylic acids is 1. The van der Waals surface area contributed by atoms with Gasteiger partial charge in [-0.3, -0.25) is 0 Å². The summed E-state index contributed by atoms with van der Waals surface area (Å²) in [5.74, 6) is 0.789. The molecule has 3 nitrogen and oxygen atoms in total. The first-order valence-corrected chi connectivity index (χ1v) is 8.10. The summed E-state index contributed by atoms with van der Waals surface area (Å²) in [5.41, 5.74) is 0.461. The van der Waals surface area contributed by atoms with Crippen molar-refractivity contribution in [1.29, 1.82) is 0 Å². The number of hydrogen-bond acceptors (Lipinski definition) is 3. The van der Waals surface area contributed by atoms with Crippen LogP contribution in [0.5, 0.6) is 11.5 Å². The molecule has 0 radical (unpaired) electrons. The van der Waals surface area contributed by atoms with Crippen LogP contribution >= 0.6 is 15.9 Å². The van der Waals surface area contributed by atoms with Crippen molar-refractivity contribution in [3.8, 4) is 11.5 Å². The van der Waals surface area contributed by atoms with Gasteiger partial charge in [0, 0.05) is 9.86 Å². The van der Waals surface area contributed by atoms with Gasteiger partial charge in [0.15, 0.2) is 0 Å². The summed E-state index contributed by atoms with van der Waals surface area (Å²) in [6.07, 6.45) is 0. The van der Waals surface area contributed by atoms with Gasteiger partial charge in [-0.1, -0.05) is 46.3 Å². The van der Waals surface area contributed by atoms with Gasteiger partial charge in [-0.05, 0) is 42.6 Å². The van der Waals surface area contributed by atoms with Gasteiger partial charge in [0.1, 0.15) is 11.5 Å². The molecule has 0 heterocycles. The Kier molecular flexibility index (Phi) is 4.63. The van der Waals surface area contributed by atoms with E-state index >= 15 is 0 Å². The number of esters is 1. The minimum atomic E-state index is -0.404. The van der Waals surface area contributed by atoms with Crippen LogP contribution in [0.4, 0.5) is 0 Å². The lowest BCUT2D eigenvalue weighted by Crippen LogP contribution is -2.09. The predicted molar refractivity (Wildman–Crippen MR) is 94.2 cm³/mol. The van der Waals surface area contributed by atoms with Crippen molar-refractivity contribution < 1.29 is 14.3 Å². The SMILES string of the molecule is CCOc1cccc(C(=O)Oc2ccc(Br)c3ccccc23)c1. The second-order valence-electron chi connectivity index (χ2n) is 4.94. The Hall–Kier alpha value is -2.33. The van der Waals surface area contributed by atoms with Crippen LogP contribution in [-0.2, 0) is 0 Å². The summed E-state index contributed by atoms with van der Waals surface area (Å²) in [7, 11) is 0. The number of carbonyl (C=O) groups is 1. The molecular weight excluding hydrogens is 356 g/mol. The monoisotopic (exact) mass is 370 g/mol. The molecule has 0 aromatic heterocycles. The van der Waals surface area contributed by atoms with Gasteiger partial charge in [-0.25, -0.2) is 4.79 Å². The average Bonchev–Trinajstić information content (AvgIpc) is 2.58. The topological polar surface area (TPSA) is 35.5 Å². The third-order valence-electron chi connectivity index (χ3n) is 3.41. The number of rotatable bonds is 4. The number of benzene rings is 3. The molecule has 0 aliphatic rings. The summed E-state index contributed by atoms with van der Waals surface area (Å²) in [4.78, 5) is 12.4. The Balaban J connectivity index is 1.92. The number of ether oxygens (including phenoxy) is 2. The van der Waals surface area contributed by atoms with Crippen molar-refractivity contribution in [2.45, 2.75) is 6.92 Å². The second-order valence-corrected chi connectivity index (χ2v) is 5.80. The number of halogens is 1. The van der Waals surface area contributed by atoms with Crippen molar-refractivity contribution in [3.63, 3.8) is 0 Å². The lowest BCUT2D eigenvalue weighted by Gasteiger charge is -2.10. The van der Waals surface area contributed by atoms with Gasteiger partial charge in [-0.2, -0.15) is 0 Å². The Bertz CT molecular complexity index is 858. The molecule has 116 valence electrons. The fourth-order valence-corrected chi connectivity index (χ4v) is 2.84. The first-order chi connectivity index (χ1) is 11.2. The van der Waals surface area contributed by atoms with Crippen LogP contribution in [0.2, 0.25) is 0 Å². The first-order valence-electron chi connectivity index (χ1n) is 7.31. The largest absolute Gasteiger partial charge is 0.494 e. The maximum absolute atomic E-state index is 12.4. The third kappa shape index (κ3) is 3.37. The Labute approximate surface area is 143 Å². The van der Waals surface area contributed by atoms with Crippen LogP contribution in [0, 0.1) is 0 Å². The van der Waals surface area contributed by atoms with Gasteiger partial charge in [-0.15, -0.1) is 0 Å². The van der Waals surface area contributed by atoms with Gasteiger partial charge < -0.3 is 9.47 Å². The summed E-state index contributed by atoms with van der Waals surface area (Å²) >= 11 is 3.51. The van der Waals surface area contributed by atoms with Gasteiger partial charge in [0.25, 0.3) is 0 Å². The number of hydrogen-bond donors (Lipinski definition) is 0. The van der Waals surface area contributed by atoms with E-state index in [4.69, 9.17) is 9.47 Å². The highest BCUT2D eigenvalue weighted by Gasteiger charge is 2.12. The minimum Gasteiger partial charge on any atom is -0.494 e.